The van der Waals surface area contributed by atoms with Crippen LogP contribution in [0.1, 0.15) is 24.8 Å². The van der Waals surface area contributed by atoms with Gasteiger partial charge in [0.05, 0.1) is 4.90 Å². The molecule has 0 spiro atoms. The molecule has 4 rings (SSSR count). The van der Waals surface area contributed by atoms with E-state index >= 15 is 0 Å². The standard InChI is InChI=1S/C21H23N3O4S/c25-20-9-6-16-14-18(7-8-19(16)23-20)29(27,28)24-12-10-15(11-13-24)21(26)22-17-4-2-1-3-5-17/h1-5,7-8,14-15H,6,9-13H2,(H,22,26)(H,23,25). The third kappa shape index (κ3) is 4.18. The van der Waals surface area contributed by atoms with Crippen LogP contribution in [0.25, 0.3) is 0 Å². The van der Waals surface area contributed by atoms with Crippen LogP contribution in [0.5, 0.6) is 0 Å². The van der Waals surface area contributed by atoms with E-state index in [1.54, 1.807) is 12.1 Å². The normalized spacial score (nSPS) is 18.0. The molecule has 2 aliphatic heterocycles. The van der Waals surface area contributed by atoms with Gasteiger partial charge in [-0.15, -0.1) is 0 Å². The highest BCUT2D eigenvalue weighted by Gasteiger charge is 2.32. The van der Waals surface area contributed by atoms with Gasteiger partial charge in [0.2, 0.25) is 21.8 Å². The van der Waals surface area contributed by atoms with Gasteiger partial charge < -0.3 is 10.6 Å². The number of nitrogens with one attached hydrogen (secondary N) is 2. The van der Waals surface area contributed by atoms with E-state index in [1.807, 2.05) is 30.3 Å². The molecule has 2 heterocycles. The average Bonchev–Trinajstić information content (AvgIpc) is 2.74. The lowest BCUT2D eigenvalue weighted by atomic mass is 9.97. The Bertz CT molecular complexity index is 1030. The maximum Gasteiger partial charge on any atom is 0.243 e. The molecular formula is C21H23N3O4S. The molecule has 29 heavy (non-hydrogen) atoms. The van der Waals surface area contributed by atoms with Crippen LogP contribution in [0, 0.1) is 5.92 Å². The predicted molar refractivity (Wildman–Crippen MR) is 110 cm³/mol. The first-order chi connectivity index (χ1) is 13.9. The van der Waals surface area contributed by atoms with Crippen molar-refractivity contribution in [2.75, 3.05) is 23.7 Å². The quantitative estimate of drug-likeness (QED) is 0.805. The summed E-state index contributed by atoms with van der Waals surface area (Å²) in [6.45, 7) is 0.617. The summed E-state index contributed by atoms with van der Waals surface area (Å²) in [6, 6.07) is 14.1. The molecule has 1 saturated heterocycles. The van der Waals surface area contributed by atoms with Crippen LogP contribution in [0.15, 0.2) is 53.4 Å². The lowest BCUT2D eigenvalue weighted by molar-refractivity contribution is -0.121. The molecule has 2 aromatic carbocycles. The van der Waals surface area contributed by atoms with Crippen LogP contribution >= 0.6 is 0 Å². The summed E-state index contributed by atoms with van der Waals surface area (Å²) in [7, 11) is -3.63. The number of carbonyl (C=O) groups excluding carboxylic acids is 2. The first-order valence-corrected chi connectivity index (χ1v) is 11.2. The van der Waals surface area contributed by atoms with Gasteiger partial charge >= 0.3 is 0 Å². The monoisotopic (exact) mass is 413 g/mol. The van der Waals surface area contributed by atoms with Crippen LogP contribution in [0.3, 0.4) is 0 Å². The number of sulfonamides is 1. The van der Waals surface area contributed by atoms with Crippen molar-refractivity contribution in [2.45, 2.75) is 30.6 Å². The van der Waals surface area contributed by atoms with Gasteiger partial charge in [-0.25, -0.2) is 8.42 Å². The SMILES string of the molecule is O=C1CCc2cc(S(=O)(=O)N3CCC(C(=O)Nc4ccccc4)CC3)ccc2N1. The Morgan fingerprint density at radius 3 is 2.48 bits per heavy atom. The van der Waals surface area contributed by atoms with Crippen molar-refractivity contribution in [3.05, 3.63) is 54.1 Å². The van der Waals surface area contributed by atoms with Crippen LogP contribution in [-0.2, 0) is 26.0 Å². The molecule has 1 fully saturated rings. The van der Waals surface area contributed by atoms with E-state index in [2.05, 4.69) is 10.6 Å². The minimum atomic E-state index is -3.63. The fraction of sp³-hybridized carbons (Fsp3) is 0.333. The Morgan fingerprint density at radius 2 is 1.76 bits per heavy atom. The molecule has 2 aromatic rings. The summed E-state index contributed by atoms with van der Waals surface area (Å²) >= 11 is 0. The second-order valence-electron chi connectivity index (χ2n) is 7.40. The van der Waals surface area contributed by atoms with Gasteiger partial charge in [-0.1, -0.05) is 18.2 Å². The number of nitrogens with zero attached hydrogens (tertiary/aromatic N) is 1. The number of fused-ring (bicyclic) bond motifs is 1. The number of anilines is 2. The molecule has 0 saturated carbocycles. The van der Waals surface area contributed by atoms with Crippen molar-refractivity contribution in [3.63, 3.8) is 0 Å². The van der Waals surface area contributed by atoms with Gasteiger partial charge in [0.15, 0.2) is 0 Å². The Kier molecular flexibility index (Phi) is 5.38. The number of rotatable bonds is 4. The predicted octanol–water partition coefficient (Wildman–Crippen LogP) is 2.61. The number of aryl methyl sites for hydroxylation is 1. The van der Waals surface area contributed by atoms with Gasteiger partial charge in [-0.3, -0.25) is 9.59 Å². The molecular weight excluding hydrogens is 390 g/mol. The van der Waals surface area contributed by atoms with Crippen molar-refractivity contribution < 1.29 is 18.0 Å². The molecule has 0 atom stereocenters. The Balaban J connectivity index is 1.41. The average molecular weight is 413 g/mol. The molecule has 2 amide bonds. The molecule has 0 bridgehead atoms. The molecule has 0 aliphatic carbocycles. The van der Waals surface area contributed by atoms with E-state index < -0.39 is 10.0 Å². The number of para-hydroxylation sites is 1. The van der Waals surface area contributed by atoms with Gasteiger partial charge in [0.25, 0.3) is 0 Å². The van der Waals surface area contributed by atoms with Crippen LogP contribution in [-0.4, -0.2) is 37.6 Å². The van der Waals surface area contributed by atoms with Crippen LogP contribution in [0.2, 0.25) is 0 Å². The fourth-order valence-electron chi connectivity index (χ4n) is 3.79. The summed E-state index contributed by atoms with van der Waals surface area (Å²) in [5, 5.41) is 5.66. The molecule has 0 radical (unpaired) electrons. The highest BCUT2D eigenvalue weighted by molar-refractivity contribution is 7.89. The zero-order valence-electron chi connectivity index (χ0n) is 15.9. The second-order valence-corrected chi connectivity index (χ2v) is 9.34. The number of carbonyl (C=O) groups is 2. The number of hydrogen-bond acceptors (Lipinski definition) is 4. The summed E-state index contributed by atoms with van der Waals surface area (Å²) in [6.07, 6.45) is 1.86. The Morgan fingerprint density at radius 1 is 1.03 bits per heavy atom. The van der Waals surface area contributed by atoms with Gasteiger partial charge in [0, 0.05) is 36.8 Å². The lowest BCUT2D eigenvalue weighted by Gasteiger charge is -2.31. The van der Waals surface area contributed by atoms with E-state index in [0.717, 1.165) is 11.3 Å². The van der Waals surface area contributed by atoms with E-state index in [-0.39, 0.29) is 22.6 Å². The van der Waals surface area contributed by atoms with Crippen LogP contribution < -0.4 is 10.6 Å². The lowest BCUT2D eigenvalue weighted by Crippen LogP contribution is -2.41. The molecule has 0 aromatic heterocycles. The first kappa shape index (κ1) is 19.6. The maximum atomic E-state index is 13.0. The third-order valence-electron chi connectivity index (χ3n) is 5.48. The van der Waals surface area contributed by atoms with Crippen molar-refractivity contribution in [3.8, 4) is 0 Å². The fourth-order valence-corrected chi connectivity index (χ4v) is 5.31. The third-order valence-corrected chi connectivity index (χ3v) is 7.37. The van der Waals surface area contributed by atoms with Gasteiger partial charge in [-0.2, -0.15) is 4.31 Å². The molecule has 8 heteroatoms. The number of amides is 2. The number of hydrogen-bond donors (Lipinski definition) is 2. The van der Waals surface area contributed by atoms with E-state index in [0.29, 0.717) is 44.5 Å². The maximum absolute atomic E-state index is 13.0. The summed E-state index contributed by atoms with van der Waals surface area (Å²) in [5.41, 5.74) is 2.26. The van der Waals surface area contributed by atoms with E-state index in [1.165, 1.54) is 10.4 Å². The Labute approximate surface area is 170 Å². The smallest absolute Gasteiger partial charge is 0.243 e. The topological polar surface area (TPSA) is 95.6 Å². The van der Waals surface area contributed by atoms with E-state index in [4.69, 9.17) is 0 Å². The molecule has 2 N–H and O–H groups in total. The van der Waals surface area contributed by atoms with Crippen molar-refractivity contribution in [1.29, 1.82) is 0 Å². The highest BCUT2D eigenvalue weighted by Crippen LogP contribution is 2.29. The number of piperidine rings is 1. The largest absolute Gasteiger partial charge is 0.326 e. The van der Waals surface area contributed by atoms with Gasteiger partial charge in [0.1, 0.15) is 0 Å². The highest BCUT2D eigenvalue weighted by atomic mass is 32.2. The number of benzene rings is 2. The Hall–Kier alpha value is -2.71. The summed E-state index contributed by atoms with van der Waals surface area (Å²) < 4.78 is 27.5. The van der Waals surface area contributed by atoms with E-state index in [9.17, 15) is 18.0 Å². The minimum absolute atomic E-state index is 0.0519. The summed E-state index contributed by atoms with van der Waals surface area (Å²) in [5.74, 6) is -0.331. The zero-order valence-corrected chi connectivity index (χ0v) is 16.7. The van der Waals surface area contributed by atoms with Crippen molar-refractivity contribution in [1.82, 2.24) is 4.31 Å². The molecule has 0 unspecified atom stereocenters. The minimum Gasteiger partial charge on any atom is -0.326 e. The van der Waals surface area contributed by atoms with Crippen LogP contribution in [0.4, 0.5) is 11.4 Å². The first-order valence-electron chi connectivity index (χ1n) is 9.72. The molecule has 7 nitrogen and oxygen atoms in total. The molecule has 2 aliphatic rings. The van der Waals surface area contributed by atoms with Gasteiger partial charge in [-0.05, 0) is 55.2 Å². The second kappa shape index (κ2) is 7.96. The zero-order chi connectivity index (χ0) is 20.4. The summed E-state index contributed by atoms with van der Waals surface area (Å²) in [4.78, 5) is 24.2. The molecule has 152 valence electrons. The van der Waals surface area contributed by atoms with Crippen molar-refractivity contribution in [2.24, 2.45) is 5.92 Å². The van der Waals surface area contributed by atoms with Crippen molar-refractivity contribution >= 4 is 33.2 Å².